The molecule has 3 nitrogen and oxygen atoms in total. The van der Waals surface area contributed by atoms with Gasteiger partial charge in [-0.3, -0.25) is 5.43 Å². The predicted octanol–water partition coefficient (Wildman–Crippen LogP) is 3.09. The van der Waals surface area contributed by atoms with Gasteiger partial charge in [0.05, 0.1) is 11.8 Å². The number of benzene rings is 1. The Bertz CT molecular complexity index is 646. The minimum Gasteiger partial charge on any atom is -0.375 e. The van der Waals surface area contributed by atoms with Gasteiger partial charge < -0.3 is 5.73 Å². The van der Waals surface area contributed by atoms with Gasteiger partial charge in [-0.25, -0.2) is 0 Å². The topological polar surface area (TPSA) is 50.4 Å². The van der Waals surface area contributed by atoms with Crippen molar-refractivity contribution in [3.63, 3.8) is 0 Å². The fourth-order valence-corrected chi connectivity index (χ4v) is 2.52. The van der Waals surface area contributed by atoms with Crippen molar-refractivity contribution in [3.05, 3.63) is 34.7 Å². The van der Waals surface area contributed by atoms with Crippen LogP contribution in [0.25, 0.3) is 10.1 Å². The first-order valence-corrected chi connectivity index (χ1v) is 6.33. The summed E-state index contributed by atoms with van der Waals surface area (Å²) in [7, 11) is 0. The molecule has 3 N–H and O–H groups in total. The average molecular weight is 303 g/mol. The maximum Gasteiger partial charge on any atom is 0.417 e. The number of rotatable bonds is 2. The first kappa shape index (κ1) is 13.8. The second kappa shape index (κ2) is 5.14. The van der Waals surface area contributed by atoms with Crippen molar-refractivity contribution in [2.45, 2.75) is 6.18 Å². The quantitative estimate of drug-likeness (QED) is 0.509. The van der Waals surface area contributed by atoms with Gasteiger partial charge in [0.15, 0.2) is 5.11 Å². The SMILES string of the molecule is NC(=S)NN=Cc1ccc2scc(C(F)(F)F)c2c1. The third kappa shape index (κ3) is 3.21. The highest BCUT2D eigenvalue weighted by Gasteiger charge is 2.33. The van der Waals surface area contributed by atoms with Crippen LogP contribution in [0.1, 0.15) is 11.1 Å². The van der Waals surface area contributed by atoms with Crippen molar-refractivity contribution in [3.8, 4) is 0 Å². The largest absolute Gasteiger partial charge is 0.417 e. The van der Waals surface area contributed by atoms with Gasteiger partial charge in [0, 0.05) is 15.5 Å². The number of hydrogen-bond acceptors (Lipinski definition) is 3. The van der Waals surface area contributed by atoms with Gasteiger partial charge in [0.1, 0.15) is 0 Å². The van der Waals surface area contributed by atoms with Crippen LogP contribution in [0.3, 0.4) is 0 Å². The van der Waals surface area contributed by atoms with Crippen molar-refractivity contribution in [1.29, 1.82) is 0 Å². The molecule has 0 aliphatic carbocycles. The second-order valence-electron chi connectivity index (χ2n) is 3.64. The Hall–Kier alpha value is -1.67. The molecule has 100 valence electrons. The number of nitrogens with two attached hydrogens (primary N) is 1. The van der Waals surface area contributed by atoms with Gasteiger partial charge in [-0.05, 0) is 29.9 Å². The molecule has 2 rings (SSSR count). The van der Waals surface area contributed by atoms with Crippen LogP contribution >= 0.6 is 23.6 Å². The predicted molar refractivity (Wildman–Crippen MR) is 74.3 cm³/mol. The zero-order valence-electron chi connectivity index (χ0n) is 9.36. The van der Waals surface area contributed by atoms with E-state index in [0.717, 1.165) is 16.7 Å². The molecule has 0 aliphatic heterocycles. The average Bonchev–Trinajstić information content (AvgIpc) is 2.71. The highest BCUT2D eigenvalue weighted by molar-refractivity contribution is 7.80. The maximum absolute atomic E-state index is 12.8. The zero-order valence-corrected chi connectivity index (χ0v) is 11.0. The Morgan fingerprint density at radius 2 is 2.16 bits per heavy atom. The number of nitrogens with zero attached hydrogens (tertiary/aromatic N) is 1. The number of hydrogen-bond donors (Lipinski definition) is 2. The number of halogens is 3. The molecular formula is C11H8F3N3S2. The summed E-state index contributed by atoms with van der Waals surface area (Å²) >= 11 is 5.61. The molecule has 0 spiro atoms. The third-order valence-corrected chi connectivity index (χ3v) is 3.35. The molecule has 1 aromatic heterocycles. The molecular weight excluding hydrogens is 295 g/mol. The van der Waals surface area contributed by atoms with E-state index in [1.165, 1.54) is 12.3 Å². The van der Waals surface area contributed by atoms with E-state index in [4.69, 9.17) is 5.73 Å². The lowest BCUT2D eigenvalue weighted by Gasteiger charge is -2.04. The van der Waals surface area contributed by atoms with Crippen LogP contribution in [0.15, 0.2) is 28.7 Å². The van der Waals surface area contributed by atoms with Crippen LogP contribution in [0.5, 0.6) is 0 Å². The first-order chi connectivity index (χ1) is 8.88. The number of nitrogens with one attached hydrogen (secondary N) is 1. The molecule has 1 aromatic carbocycles. The summed E-state index contributed by atoms with van der Waals surface area (Å²) in [5, 5.41) is 4.97. The molecule has 8 heteroatoms. The number of fused-ring (bicyclic) bond motifs is 1. The lowest BCUT2D eigenvalue weighted by Crippen LogP contribution is -2.23. The summed E-state index contributed by atoms with van der Waals surface area (Å²) in [4.78, 5) is 0. The van der Waals surface area contributed by atoms with E-state index in [1.807, 2.05) is 0 Å². The molecule has 0 saturated carbocycles. The Morgan fingerprint density at radius 1 is 1.42 bits per heavy atom. The molecule has 2 aromatic rings. The van der Waals surface area contributed by atoms with Crippen LogP contribution in [0.4, 0.5) is 13.2 Å². The molecule has 0 atom stereocenters. The van der Waals surface area contributed by atoms with Crippen molar-refractivity contribution in [1.82, 2.24) is 5.43 Å². The Kier molecular flexibility index (Phi) is 3.72. The first-order valence-electron chi connectivity index (χ1n) is 5.05. The van der Waals surface area contributed by atoms with Gasteiger partial charge in [0.25, 0.3) is 0 Å². The molecule has 0 bridgehead atoms. The summed E-state index contributed by atoms with van der Waals surface area (Å²) in [5.41, 5.74) is 7.40. The normalized spacial score (nSPS) is 12.2. The van der Waals surface area contributed by atoms with Crippen molar-refractivity contribution in [2.24, 2.45) is 10.8 Å². The monoisotopic (exact) mass is 303 g/mol. The van der Waals surface area contributed by atoms with E-state index in [9.17, 15) is 13.2 Å². The maximum atomic E-state index is 12.8. The Labute approximate surface area is 115 Å². The Morgan fingerprint density at radius 3 is 2.79 bits per heavy atom. The van der Waals surface area contributed by atoms with Gasteiger partial charge in [-0.15, -0.1) is 11.3 Å². The molecule has 0 unspecified atom stereocenters. The second-order valence-corrected chi connectivity index (χ2v) is 4.99. The summed E-state index contributed by atoms with van der Waals surface area (Å²) in [6.45, 7) is 0. The van der Waals surface area contributed by atoms with Gasteiger partial charge >= 0.3 is 6.18 Å². The number of hydrazone groups is 1. The number of thiophene rings is 1. The molecule has 19 heavy (non-hydrogen) atoms. The summed E-state index contributed by atoms with van der Waals surface area (Å²) in [6.07, 6.45) is -3.00. The standard InChI is InChI=1S/C11H8F3N3S2/c12-11(13,14)8-5-19-9-2-1-6(3-7(8)9)4-16-17-10(15)18/h1-5H,(H3,15,17,18). The smallest absolute Gasteiger partial charge is 0.375 e. The van der Waals surface area contributed by atoms with Crippen LogP contribution in [-0.2, 0) is 6.18 Å². The lowest BCUT2D eigenvalue weighted by atomic mass is 10.1. The summed E-state index contributed by atoms with van der Waals surface area (Å²) < 4.78 is 38.9. The highest BCUT2D eigenvalue weighted by Crippen LogP contribution is 2.38. The molecule has 0 aliphatic rings. The van der Waals surface area contributed by atoms with E-state index in [1.54, 1.807) is 12.1 Å². The minimum absolute atomic E-state index is 0.0103. The van der Waals surface area contributed by atoms with Crippen LogP contribution in [0.2, 0.25) is 0 Å². The van der Waals surface area contributed by atoms with Crippen LogP contribution in [-0.4, -0.2) is 11.3 Å². The minimum atomic E-state index is -4.36. The number of alkyl halides is 3. The van der Waals surface area contributed by atoms with E-state index in [2.05, 4.69) is 22.7 Å². The fourth-order valence-electron chi connectivity index (χ4n) is 1.52. The van der Waals surface area contributed by atoms with Gasteiger partial charge in [0.2, 0.25) is 0 Å². The van der Waals surface area contributed by atoms with Crippen molar-refractivity contribution in [2.75, 3.05) is 0 Å². The fraction of sp³-hybridized carbons (Fsp3) is 0.0909. The summed E-state index contributed by atoms with van der Waals surface area (Å²) in [6, 6.07) is 4.72. The van der Waals surface area contributed by atoms with E-state index < -0.39 is 11.7 Å². The van der Waals surface area contributed by atoms with E-state index in [-0.39, 0.29) is 10.5 Å². The molecule has 0 radical (unpaired) electrons. The Balaban J connectivity index is 2.39. The zero-order chi connectivity index (χ0) is 14.0. The van der Waals surface area contributed by atoms with Gasteiger partial charge in [-0.2, -0.15) is 18.3 Å². The third-order valence-electron chi connectivity index (χ3n) is 2.29. The van der Waals surface area contributed by atoms with Crippen molar-refractivity contribution >= 4 is 45.0 Å². The van der Waals surface area contributed by atoms with Gasteiger partial charge in [-0.1, -0.05) is 6.07 Å². The van der Waals surface area contributed by atoms with Crippen LogP contribution in [0, 0.1) is 0 Å². The molecule has 0 saturated heterocycles. The molecule has 0 amide bonds. The van der Waals surface area contributed by atoms with E-state index >= 15 is 0 Å². The van der Waals surface area contributed by atoms with Crippen LogP contribution < -0.4 is 11.2 Å². The number of thiocarbonyl (C=S) groups is 1. The lowest BCUT2D eigenvalue weighted by molar-refractivity contribution is -0.136. The molecule has 0 fully saturated rings. The summed E-state index contributed by atoms with van der Waals surface area (Å²) in [5.74, 6) is 0. The molecule has 1 heterocycles. The van der Waals surface area contributed by atoms with E-state index in [0.29, 0.717) is 10.3 Å². The highest BCUT2D eigenvalue weighted by atomic mass is 32.1. The van der Waals surface area contributed by atoms with Crippen molar-refractivity contribution < 1.29 is 13.2 Å².